The number of nitrogens with zero attached hydrogens (tertiary/aromatic N) is 2. The van der Waals surface area contributed by atoms with E-state index < -0.39 is 17.8 Å². The second-order valence-corrected chi connectivity index (χ2v) is 9.95. The van der Waals surface area contributed by atoms with E-state index in [0.717, 1.165) is 11.3 Å². The van der Waals surface area contributed by atoms with Crippen molar-refractivity contribution >= 4 is 46.6 Å². The first kappa shape index (κ1) is 25.2. The molecule has 1 aliphatic heterocycles. The lowest BCUT2D eigenvalue weighted by Crippen LogP contribution is -2.39. The molecule has 1 unspecified atom stereocenters. The van der Waals surface area contributed by atoms with Crippen molar-refractivity contribution in [2.75, 3.05) is 6.61 Å². The molecule has 37 heavy (non-hydrogen) atoms. The second-order valence-electron chi connectivity index (χ2n) is 8.16. The van der Waals surface area contributed by atoms with E-state index in [9.17, 15) is 14.0 Å². The summed E-state index contributed by atoms with van der Waals surface area (Å²) in [5.74, 6) is -0.0865. The lowest BCUT2D eigenvalue weighted by Gasteiger charge is -2.24. The second kappa shape index (κ2) is 10.1. The van der Waals surface area contributed by atoms with Crippen molar-refractivity contribution in [3.8, 4) is 11.3 Å². The van der Waals surface area contributed by atoms with E-state index in [1.54, 1.807) is 62.4 Å². The highest BCUT2D eigenvalue weighted by Crippen LogP contribution is 2.34. The first-order chi connectivity index (χ1) is 17.8. The Hall–Kier alpha value is -3.46. The van der Waals surface area contributed by atoms with E-state index in [-0.39, 0.29) is 17.7 Å². The Labute approximate surface area is 224 Å². The summed E-state index contributed by atoms with van der Waals surface area (Å²) in [6.07, 6.45) is 1.61. The number of rotatable bonds is 5. The van der Waals surface area contributed by atoms with Gasteiger partial charge in [0.2, 0.25) is 0 Å². The molecule has 1 atom stereocenters. The number of benzene rings is 2. The summed E-state index contributed by atoms with van der Waals surface area (Å²) in [5.41, 5.74) is 1.47. The van der Waals surface area contributed by atoms with Gasteiger partial charge >= 0.3 is 5.97 Å². The molecule has 4 aromatic rings. The molecule has 188 valence electrons. The standard InChI is InChI=1S/C27H19Cl2FN2O4S/c1-3-35-26(34)22-14(2)31-27-32(24(22)15-7-9-16(30)10-8-15)25(33)21(37-27)13-17-11-12-20(36-17)18-5-4-6-19(28)23(18)29/h4-13,24H,3H2,1-2H3/b21-13-. The van der Waals surface area contributed by atoms with Crippen molar-refractivity contribution in [2.45, 2.75) is 19.9 Å². The summed E-state index contributed by atoms with van der Waals surface area (Å²) in [6, 6.07) is 13.5. The normalized spacial score (nSPS) is 15.5. The third-order valence-corrected chi connectivity index (χ3v) is 7.62. The summed E-state index contributed by atoms with van der Waals surface area (Å²) < 4.78 is 26.7. The first-order valence-corrected chi connectivity index (χ1v) is 12.8. The quantitative estimate of drug-likeness (QED) is 0.304. The topological polar surface area (TPSA) is 73.8 Å². The minimum Gasteiger partial charge on any atom is -0.463 e. The van der Waals surface area contributed by atoms with Crippen molar-refractivity contribution in [3.05, 3.63) is 113 Å². The SMILES string of the molecule is CCOC(=O)C1=C(C)N=c2s/c(=C\c3ccc(-c4cccc(Cl)c4Cl)o3)c(=O)n2C1c1ccc(F)cc1. The van der Waals surface area contributed by atoms with Gasteiger partial charge in [-0.1, -0.05) is 52.7 Å². The molecule has 0 N–H and O–H groups in total. The summed E-state index contributed by atoms with van der Waals surface area (Å²) in [4.78, 5) is 31.5. The maximum absolute atomic E-state index is 13.7. The number of hydrogen-bond donors (Lipinski definition) is 0. The van der Waals surface area contributed by atoms with Crippen LogP contribution in [0.1, 0.15) is 31.2 Å². The third-order valence-electron chi connectivity index (χ3n) is 5.82. The highest BCUT2D eigenvalue weighted by Gasteiger charge is 2.33. The van der Waals surface area contributed by atoms with Gasteiger partial charge < -0.3 is 9.15 Å². The number of furan rings is 1. The molecule has 0 spiro atoms. The molecule has 5 rings (SSSR count). The van der Waals surface area contributed by atoms with Crippen molar-refractivity contribution < 1.29 is 18.3 Å². The largest absolute Gasteiger partial charge is 0.463 e. The fraction of sp³-hybridized carbons (Fsp3) is 0.148. The summed E-state index contributed by atoms with van der Waals surface area (Å²) in [7, 11) is 0. The van der Waals surface area contributed by atoms with E-state index in [1.807, 2.05) is 0 Å². The van der Waals surface area contributed by atoms with Gasteiger partial charge in [-0.3, -0.25) is 9.36 Å². The van der Waals surface area contributed by atoms with Gasteiger partial charge in [-0.15, -0.1) is 0 Å². The summed E-state index contributed by atoms with van der Waals surface area (Å²) >= 11 is 13.6. The fourth-order valence-electron chi connectivity index (χ4n) is 4.15. The predicted molar refractivity (Wildman–Crippen MR) is 141 cm³/mol. The Kier molecular flexibility index (Phi) is 6.90. The number of aromatic nitrogens is 1. The van der Waals surface area contributed by atoms with E-state index >= 15 is 0 Å². The molecule has 10 heteroatoms. The smallest absolute Gasteiger partial charge is 0.338 e. The molecule has 0 radical (unpaired) electrons. The maximum atomic E-state index is 13.7. The third kappa shape index (κ3) is 4.68. The van der Waals surface area contributed by atoms with Gasteiger partial charge in [0.1, 0.15) is 17.3 Å². The lowest BCUT2D eigenvalue weighted by atomic mass is 9.96. The molecular formula is C27H19Cl2FN2O4S. The summed E-state index contributed by atoms with van der Waals surface area (Å²) in [5, 5.41) is 0.768. The minimum atomic E-state index is -0.824. The van der Waals surface area contributed by atoms with Crippen LogP contribution in [0, 0.1) is 5.82 Å². The number of carbonyl (C=O) groups excluding carboxylic acids is 1. The molecule has 0 saturated heterocycles. The fourth-order valence-corrected chi connectivity index (χ4v) is 5.57. The molecule has 2 aromatic heterocycles. The number of carbonyl (C=O) groups is 1. The molecule has 0 aliphatic carbocycles. The lowest BCUT2D eigenvalue weighted by molar-refractivity contribution is -0.139. The van der Waals surface area contributed by atoms with Crippen LogP contribution in [-0.4, -0.2) is 17.1 Å². The monoisotopic (exact) mass is 556 g/mol. The molecule has 0 saturated carbocycles. The van der Waals surface area contributed by atoms with Crippen LogP contribution in [0.4, 0.5) is 4.39 Å². The highest BCUT2D eigenvalue weighted by atomic mass is 35.5. The number of halogens is 3. The van der Waals surface area contributed by atoms with Gasteiger partial charge in [0.15, 0.2) is 4.80 Å². The van der Waals surface area contributed by atoms with Gasteiger partial charge in [0.05, 0.1) is 38.5 Å². The highest BCUT2D eigenvalue weighted by molar-refractivity contribution is 7.07. The molecule has 0 bridgehead atoms. The van der Waals surface area contributed by atoms with E-state index in [2.05, 4.69) is 4.99 Å². The van der Waals surface area contributed by atoms with Gasteiger partial charge in [-0.05, 0) is 55.8 Å². The average molecular weight is 557 g/mol. The number of esters is 1. The Bertz CT molecular complexity index is 1730. The van der Waals surface area contributed by atoms with Crippen LogP contribution in [0.5, 0.6) is 0 Å². The van der Waals surface area contributed by atoms with E-state index in [1.165, 1.54) is 16.7 Å². The van der Waals surface area contributed by atoms with Crippen LogP contribution >= 0.6 is 34.5 Å². The van der Waals surface area contributed by atoms with Gasteiger partial charge in [0, 0.05) is 11.6 Å². The Morgan fingerprint density at radius 1 is 1.19 bits per heavy atom. The van der Waals surface area contributed by atoms with Gasteiger partial charge in [0.25, 0.3) is 5.56 Å². The van der Waals surface area contributed by atoms with Crippen LogP contribution in [0.2, 0.25) is 10.0 Å². The molecule has 3 heterocycles. The zero-order valence-corrected chi connectivity index (χ0v) is 22.0. The summed E-state index contributed by atoms with van der Waals surface area (Å²) in [6.45, 7) is 3.55. The number of allylic oxidation sites excluding steroid dienone is 1. The number of fused-ring (bicyclic) bond motifs is 1. The molecule has 0 amide bonds. The Morgan fingerprint density at radius 3 is 2.68 bits per heavy atom. The molecule has 6 nitrogen and oxygen atoms in total. The van der Waals surface area contributed by atoms with Crippen molar-refractivity contribution in [1.82, 2.24) is 4.57 Å². The molecular weight excluding hydrogens is 538 g/mol. The first-order valence-electron chi connectivity index (χ1n) is 11.3. The molecule has 0 fully saturated rings. The van der Waals surface area contributed by atoms with E-state index in [4.69, 9.17) is 32.4 Å². The van der Waals surface area contributed by atoms with Gasteiger partial charge in [-0.25, -0.2) is 14.2 Å². The average Bonchev–Trinajstić information content (AvgIpc) is 3.45. The zero-order valence-electron chi connectivity index (χ0n) is 19.6. The predicted octanol–water partition coefficient (Wildman–Crippen LogP) is 5.50. The Morgan fingerprint density at radius 2 is 1.95 bits per heavy atom. The number of thiazole rings is 1. The van der Waals surface area contributed by atoms with Crippen molar-refractivity contribution in [1.29, 1.82) is 0 Å². The van der Waals surface area contributed by atoms with Gasteiger partial charge in [-0.2, -0.15) is 0 Å². The van der Waals surface area contributed by atoms with Crippen molar-refractivity contribution in [2.24, 2.45) is 4.99 Å². The Balaban J connectivity index is 1.64. The number of ether oxygens (including phenoxy) is 1. The zero-order chi connectivity index (χ0) is 26.3. The molecule has 2 aromatic carbocycles. The van der Waals surface area contributed by atoms with Crippen LogP contribution in [0.15, 0.2) is 80.1 Å². The van der Waals surface area contributed by atoms with Crippen LogP contribution in [0.3, 0.4) is 0 Å². The van der Waals surface area contributed by atoms with Crippen molar-refractivity contribution in [3.63, 3.8) is 0 Å². The molecule has 1 aliphatic rings. The van der Waals surface area contributed by atoms with Crippen LogP contribution < -0.4 is 14.9 Å². The van der Waals surface area contributed by atoms with Crippen LogP contribution in [-0.2, 0) is 9.53 Å². The minimum absolute atomic E-state index is 0.160. The van der Waals surface area contributed by atoms with Crippen LogP contribution in [0.25, 0.3) is 17.4 Å². The maximum Gasteiger partial charge on any atom is 0.338 e. The van der Waals surface area contributed by atoms with E-state index in [0.29, 0.717) is 47.7 Å². The number of hydrogen-bond acceptors (Lipinski definition) is 6.